The number of hydrogen-bond donors (Lipinski definition) is 2. The van der Waals surface area contributed by atoms with Gasteiger partial charge in [0.25, 0.3) is 5.56 Å². The van der Waals surface area contributed by atoms with Crippen LogP contribution in [0.1, 0.15) is 5.89 Å². The molecule has 2 N–H and O–H groups in total. The van der Waals surface area contributed by atoms with Crippen LogP contribution in [-0.2, 0) is 6.42 Å². The van der Waals surface area contributed by atoms with E-state index in [1.54, 1.807) is 30.3 Å². The summed E-state index contributed by atoms with van der Waals surface area (Å²) in [5.74, 6) is 1.41. The van der Waals surface area contributed by atoms with Crippen molar-refractivity contribution in [3.63, 3.8) is 0 Å². The van der Waals surface area contributed by atoms with E-state index in [0.717, 1.165) is 5.56 Å². The summed E-state index contributed by atoms with van der Waals surface area (Å²) in [7, 11) is 0. The highest BCUT2D eigenvalue weighted by atomic mass is 35.5. The van der Waals surface area contributed by atoms with Gasteiger partial charge in [0, 0.05) is 23.6 Å². The monoisotopic (exact) mass is 367 g/mol. The number of hydrogen-bond acceptors (Lipinski definition) is 6. The second-order valence-electron chi connectivity index (χ2n) is 5.63. The van der Waals surface area contributed by atoms with Crippen LogP contribution in [0.25, 0.3) is 22.3 Å². The predicted molar refractivity (Wildman–Crippen MR) is 99.3 cm³/mol. The van der Waals surface area contributed by atoms with E-state index >= 15 is 0 Å². The van der Waals surface area contributed by atoms with Crippen molar-refractivity contribution >= 4 is 28.5 Å². The van der Waals surface area contributed by atoms with E-state index in [4.69, 9.17) is 16.1 Å². The van der Waals surface area contributed by atoms with Crippen molar-refractivity contribution in [1.29, 1.82) is 0 Å². The summed E-state index contributed by atoms with van der Waals surface area (Å²) < 4.78 is 5.25. The maximum absolute atomic E-state index is 12.0. The van der Waals surface area contributed by atoms with Crippen LogP contribution < -0.4 is 10.9 Å². The average Bonchev–Trinajstić information content (AvgIpc) is 3.11. The van der Waals surface area contributed by atoms with Gasteiger partial charge in [-0.2, -0.15) is 4.98 Å². The van der Waals surface area contributed by atoms with Crippen molar-refractivity contribution in [1.82, 2.24) is 20.1 Å². The first-order valence-corrected chi connectivity index (χ1v) is 8.38. The standard InChI is InChI=1S/C18H14ClN5O2/c19-12-7-5-11(6-8-12)16-22-15(26-24-16)9-10-20-18-21-14-4-2-1-3-13(14)17(25)23-18/h1-8H,9-10H2,(H2,20,21,23,25). The minimum Gasteiger partial charge on any atom is -0.355 e. The summed E-state index contributed by atoms with van der Waals surface area (Å²) >= 11 is 5.87. The number of nitrogens with zero attached hydrogens (tertiary/aromatic N) is 3. The van der Waals surface area contributed by atoms with E-state index in [-0.39, 0.29) is 5.56 Å². The van der Waals surface area contributed by atoms with Crippen LogP contribution in [0.2, 0.25) is 5.02 Å². The highest BCUT2D eigenvalue weighted by Gasteiger charge is 2.09. The Morgan fingerprint density at radius 2 is 1.88 bits per heavy atom. The van der Waals surface area contributed by atoms with Gasteiger partial charge >= 0.3 is 0 Å². The predicted octanol–water partition coefficient (Wildman–Crippen LogP) is 3.28. The van der Waals surface area contributed by atoms with Crippen molar-refractivity contribution in [2.24, 2.45) is 0 Å². The molecule has 0 aliphatic heterocycles. The van der Waals surface area contributed by atoms with Crippen molar-refractivity contribution in [2.75, 3.05) is 11.9 Å². The number of halogens is 1. The molecule has 0 saturated heterocycles. The number of aromatic nitrogens is 4. The molecule has 0 radical (unpaired) electrons. The molecule has 0 aliphatic carbocycles. The zero-order chi connectivity index (χ0) is 17.9. The molecular weight excluding hydrogens is 354 g/mol. The summed E-state index contributed by atoms with van der Waals surface area (Å²) in [6.07, 6.45) is 0.497. The molecule has 0 unspecified atom stereocenters. The lowest BCUT2D eigenvalue weighted by molar-refractivity contribution is 0.381. The molecule has 130 valence electrons. The molecular formula is C18H14ClN5O2. The Hall–Kier alpha value is -3.19. The van der Waals surface area contributed by atoms with Crippen LogP contribution in [0.15, 0.2) is 57.8 Å². The van der Waals surface area contributed by atoms with Crippen LogP contribution in [0.3, 0.4) is 0 Å². The molecule has 0 atom stereocenters. The maximum atomic E-state index is 12.0. The molecule has 8 heteroatoms. The smallest absolute Gasteiger partial charge is 0.260 e. The number of nitrogens with one attached hydrogen (secondary N) is 2. The van der Waals surface area contributed by atoms with Crippen molar-refractivity contribution in [3.8, 4) is 11.4 Å². The van der Waals surface area contributed by atoms with Crippen LogP contribution in [0.5, 0.6) is 0 Å². The summed E-state index contributed by atoms with van der Waals surface area (Å²) in [4.78, 5) is 23.5. The molecule has 0 amide bonds. The lowest BCUT2D eigenvalue weighted by atomic mass is 10.2. The zero-order valence-corrected chi connectivity index (χ0v) is 14.3. The van der Waals surface area contributed by atoms with Crippen molar-refractivity contribution < 1.29 is 4.52 Å². The van der Waals surface area contributed by atoms with E-state index < -0.39 is 0 Å². The lowest BCUT2D eigenvalue weighted by Crippen LogP contribution is -2.15. The minimum atomic E-state index is -0.180. The summed E-state index contributed by atoms with van der Waals surface area (Å²) in [6, 6.07) is 14.4. The Morgan fingerprint density at radius 1 is 1.08 bits per heavy atom. The first kappa shape index (κ1) is 16.3. The van der Waals surface area contributed by atoms with Gasteiger partial charge < -0.3 is 9.84 Å². The fourth-order valence-electron chi connectivity index (χ4n) is 2.53. The van der Waals surface area contributed by atoms with Gasteiger partial charge in [-0.3, -0.25) is 9.78 Å². The molecule has 0 saturated carbocycles. The van der Waals surface area contributed by atoms with Gasteiger partial charge in [0.2, 0.25) is 17.7 Å². The van der Waals surface area contributed by atoms with E-state index in [1.807, 2.05) is 18.2 Å². The van der Waals surface area contributed by atoms with Gasteiger partial charge in [0.05, 0.1) is 10.9 Å². The van der Waals surface area contributed by atoms with Crippen molar-refractivity contribution in [3.05, 3.63) is 69.8 Å². The SMILES string of the molecule is O=c1[nH]c(NCCc2nc(-c3ccc(Cl)cc3)no2)nc2ccccc12. The second kappa shape index (κ2) is 6.97. The van der Waals surface area contributed by atoms with Crippen LogP contribution in [0.4, 0.5) is 5.95 Å². The maximum Gasteiger partial charge on any atom is 0.260 e. The number of rotatable bonds is 5. The Kier molecular flexibility index (Phi) is 4.37. The van der Waals surface area contributed by atoms with E-state index in [1.165, 1.54) is 0 Å². The molecule has 26 heavy (non-hydrogen) atoms. The molecule has 2 aromatic carbocycles. The van der Waals surface area contributed by atoms with Crippen LogP contribution in [0, 0.1) is 0 Å². The van der Waals surface area contributed by atoms with Crippen LogP contribution in [-0.4, -0.2) is 26.7 Å². The number of anilines is 1. The summed E-state index contributed by atoms with van der Waals surface area (Å²) in [6.45, 7) is 0.490. The molecule has 4 aromatic rings. The average molecular weight is 368 g/mol. The second-order valence-corrected chi connectivity index (χ2v) is 6.06. The van der Waals surface area contributed by atoms with Crippen molar-refractivity contribution in [2.45, 2.75) is 6.42 Å². The molecule has 2 heterocycles. The van der Waals surface area contributed by atoms with Gasteiger partial charge in [0.15, 0.2) is 0 Å². The molecule has 0 bridgehead atoms. The van der Waals surface area contributed by atoms with E-state index in [0.29, 0.717) is 46.6 Å². The normalized spacial score (nSPS) is 11.0. The molecule has 0 spiro atoms. The Bertz CT molecular complexity index is 1100. The summed E-state index contributed by atoms with van der Waals surface area (Å²) in [5.41, 5.74) is 1.29. The highest BCUT2D eigenvalue weighted by Crippen LogP contribution is 2.18. The minimum absolute atomic E-state index is 0.180. The van der Waals surface area contributed by atoms with Gasteiger partial charge in [-0.15, -0.1) is 0 Å². The Morgan fingerprint density at radius 3 is 2.73 bits per heavy atom. The van der Waals surface area contributed by atoms with Gasteiger partial charge in [-0.25, -0.2) is 4.98 Å². The molecule has 0 aliphatic rings. The van der Waals surface area contributed by atoms with E-state index in [9.17, 15) is 4.79 Å². The molecule has 0 fully saturated rings. The Balaban J connectivity index is 1.42. The molecule has 4 rings (SSSR count). The number of benzene rings is 2. The number of para-hydroxylation sites is 1. The lowest BCUT2D eigenvalue weighted by Gasteiger charge is -2.04. The first-order valence-electron chi connectivity index (χ1n) is 8.00. The fraction of sp³-hybridized carbons (Fsp3) is 0.111. The fourth-order valence-corrected chi connectivity index (χ4v) is 2.66. The molecule has 7 nitrogen and oxygen atoms in total. The Labute approximate surface area is 153 Å². The highest BCUT2D eigenvalue weighted by molar-refractivity contribution is 6.30. The van der Waals surface area contributed by atoms with E-state index in [2.05, 4.69) is 25.4 Å². The molecule has 2 aromatic heterocycles. The van der Waals surface area contributed by atoms with Gasteiger partial charge in [-0.1, -0.05) is 28.9 Å². The number of aromatic amines is 1. The third-order valence-corrected chi connectivity index (χ3v) is 4.07. The number of fused-ring (bicyclic) bond motifs is 1. The largest absolute Gasteiger partial charge is 0.355 e. The number of H-pyrrole nitrogens is 1. The quantitative estimate of drug-likeness (QED) is 0.562. The zero-order valence-electron chi connectivity index (χ0n) is 13.6. The van der Waals surface area contributed by atoms with Gasteiger partial charge in [0.1, 0.15) is 0 Å². The summed E-state index contributed by atoms with van der Waals surface area (Å²) in [5, 5.41) is 8.25. The first-order chi connectivity index (χ1) is 12.7. The van der Waals surface area contributed by atoms with Gasteiger partial charge in [-0.05, 0) is 36.4 Å². The topological polar surface area (TPSA) is 96.7 Å². The third kappa shape index (κ3) is 3.43. The van der Waals surface area contributed by atoms with Crippen LogP contribution >= 0.6 is 11.6 Å². The third-order valence-electron chi connectivity index (χ3n) is 3.81.